The maximum atomic E-state index is 12.9. The SMILES string of the molecule is CCCNC(CSc1ccc(F)cc1)c1cnnn1C. The van der Waals surface area contributed by atoms with Crippen molar-refractivity contribution in [1.29, 1.82) is 0 Å². The molecule has 0 amide bonds. The highest BCUT2D eigenvalue weighted by Gasteiger charge is 2.15. The van der Waals surface area contributed by atoms with Gasteiger partial charge in [0.25, 0.3) is 0 Å². The Kier molecular flexibility index (Phi) is 5.55. The van der Waals surface area contributed by atoms with Crippen molar-refractivity contribution < 1.29 is 4.39 Å². The predicted molar refractivity (Wildman–Crippen MR) is 79.2 cm³/mol. The maximum Gasteiger partial charge on any atom is 0.123 e. The van der Waals surface area contributed by atoms with Gasteiger partial charge in [0.05, 0.1) is 17.9 Å². The van der Waals surface area contributed by atoms with E-state index in [-0.39, 0.29) is 11.9 Å². The van der Waals surface area contributed by atoms with Crippen molar-refractivity contribution in [3.05, 3.63) is 42.0 Å². The number of rotatable bonds is 7. The van der Waals surface area contributed by atoms with E-state index in [0.717, 1.165) is 29.3 Å². The first-order valence-corrected chi connectivity index (χ1v) is 7.65. The van der Waals surface area contributed by atoms with Crippen LogP contribution in [0.4, 0.5) is 4.39 Å². The highest BCUT2D eigenvalue weighted by atomic mass is 32.2. The number of halogens is 1. The highest BCUT2D eigenvalue weighted by molar-refractivity contribution is 7.99. The Hall–Kier alpha value is -1.40. The molecule has 1 unspecified atom stereocenters. The molecule has 0 aliphatic rings. The fourth-order valence-electron chi connectivity index (χ4n) is 1.89. The Morgan fingerprint density at radius 1 is 1.35 bits per heavy atom. The molecular weight excluding hydrogens is 275 g/mol. The first-order valence-electron chi connectivity index (χ1n) is 6.67. The van der Waals surface area contributed by atoms with Gasteiger partial charge in [0.2, 0.25) is 0 Å². The highest BCUT2D eigenvalue weighted by Crippen LogP contribution is 2.24. The molecule has 0 radical (unpaired) electrons. The van der Waals surface area contributed by atoms with Gasteiger partial charge < -0.3 is 5.32 Å². The lowest BCUT2D eigenvalue weighted by atomic mass is 10.2. The van der Waals surface area contributed by atoms with E-state index in [1.807, 2.05) is 7.05 Å². The van der Waals surface area contributed by atoms with E-state index < -0.39 is 0 Å². The van der Waals surface area contributed by atoms with E-state index in [9.17, 15) is 4.39 Å². The van der Waals surface area contributed by atoms with Crippen LogP contribution in [-0.4, -0.2) is 27.3 Å². The molecule has 0 spiro atoms. The van der Waals surface area contributed by atoms with Crippen molar-refractivity contribution in [3.8, 4) is 0 Å². The van der Waals surface area contributed by atoms with Crippen molar-refractivity contribution in [3.63, 3.8) is 0 Å². The topological polar surface area (TPSA) is 42.7 Å². The Morgan fingerprint density at radius 2 is 2.10 bits per heavy atom. The van der Waals surface area contributed by atoms with Crippen LogP contribution in [0.3, 0.4) is 0 Å². The molecular formula is C14H19FN4S. The number of hydrogen-bond donors (Lipinski definition) is 1. The lowest BCUT2D eigenvalue weighted by Gasteiger charge is -2.17. The summed E-state index contributed by atoms with van der Waals surface area (Å²) >= 11 is 1.70. The molecule has 2 rings (SSSR count). The van der Waals surface area contributed by atoms with Crippen molar-refractivity contribution in [2.45, 2.75) is 24.3 Å². The summed E-state index contributed by atoms with van der Waals surface area (Å²) < 4.78 is 14.7. The molecule has 2 aromatic rings. The van der Waals surface area contributed by atoms with Crippen molar-refractivity contribution in [1.82, 2.24) is 20.3 Å². The molecule has 0 aliphatic heterocycles. The summed E-state index contributed by atoms with van der Waals surface area (Å²) in [7, 11) is 1.89. The first kappa shape index (κ1) is 15.0. The number of hydrogen-bond acceptors (Lipinski definition) is 4. The molecule has 108 valence electrons. The molecule has 0 aliphatic carbocycles. The average molecular weight is 294 g/mol. The van der Waals surface area contributed by atoms with Gasteiger partial charge in [0.15, 0.2) is 0 Å². The van der Waals surface area contributed by atoms with Gasteiger partial charge in [-0.1, -0.05) is 12.1 Å². The number of aryl methyl sites for hydroxylation is 1. The lowest BCUT2D eigenvalue weighted by molar-refractivity contribution is 0.532. The molecule has 1 aromatic heterocycles. The normalized spacial score (nSPS) is 12.6. The van der Waals surface area contributed by atoms with Crippen molar-refractivity contribution >= 4 is 11.8 Å². The summed E-state index contributed by atoms with van der Waals surface area (Å²) in [5.74, 6) is 0.651. The second-order valence-electron chi connectivity index (χ2n) is 4.55. The van der Waals surface area contributed by atoms with E-state index in [1.165, 1.54) is 12.1 Å². The molecule has 0 fully saturated rings. The summed E-state index contributed by atoms with van der Waals surface area (Å²) in [6, 6.07) is 6.77. The summed E-state index contributed by atoms with van der Waals surface area (Å²) in [6.07, 6.45) is 2.86. The van der Waals surface area contributed by atoms with Gasteiger partial charge >= 0.3 is 0 Å². The molecule has 6 heteroatoms. The minimum atomic E-state index is -0.203. The van der Waals surface area contributed by atoms with Gasteiger partial charge in [-0.3, -0.25) is 4.68 Å². The molecule has 0 saturated heterocycles. The van der Waals surface area contributed by atoms with E-state index in [2.05, 4.69) is 22.6 Å². The molecule has 1 heterocycles. The number of nitrogens with zero attached hydrogens (tertiary/aromatic N) is 3. The molecule has 0 bridgehead atoms. The Labute approximate surface area is 122 Å². The van der Waals surface area contributed by atoms with Crippen LogP contribution in [0.25, 0.3) is 0 Å². The van der Waals surface area contributed by atoms with Gasteiger partial charge in [0.1, 0.15) is 5.82 Å². The second kappa shape index (κ2) is 7.40. The molecule has 1 atom stereocenters. The fourth-order valence-corrected chi connectivity index (χ4v) is 2.87. The van der Waals surface area contributed by atoms with Gasteiger partial charge in [-0.05, 0) is 37.2 Å². The predicted octanol–water partition coefficient (Wildman–Crippen LogP) is 2.79. The van der Waals surface area contributed by atoms with Crippen LogP contribution >= 0.6 is 11.8 Å². The van der Waals surface area contributed by atoms with Crippen molar-refractivity contribution in [2.75, 3.05) is 12.3 Å². The summed E-state index contributed by atoms with van der Waals surface area (Å²) in [6.45, 7) is 3.08. The molecule has 1 aromatic carbocycles. The molecule has 1 N–H and O–H groups in total. The van der Waals surface area contributed by atoms with Gasteiger partial charge in [-0.2, -0.15) is 0 Å². The Bertz CT molecular complexity index is 526. The summed E-state index contributed by atoms with van der Waals surface area (Å²) in [4.78, 5) is 1.06. The first-order chi connectivity index (χ1) is 9.70. The maximum absolute atomic E-state index is 12.9. The molecule has 4 nitrogen and oxygen atoms in total. The Morgan fingerprint density at radius 3 is 2.70 bits per heavy atom. The standard InChI is InChI=1S/C14H19FN4S/c1-3-8-16-13(14-9-17-18-19(14)2)10-20-12-6-4-11(15)5-7-12/h4-7,9,13,16H,3,8,10H2,1-2H3. The van der Waals surface area contributed by atoms with E-state index in [4.69, 9.17) is 0 Å². The van der Waals surface area contributed by atoms with E-state index in [1.54, 1.807) is 34.8 Å². The van der Waals surface area contributed by atoms with Crippen LogP contribution in [0.2, 0.25) is 0 Å². The zero-order valence-electron chi connectivity index (χ0n) is 11.7. The van der Waals surface area contributed by atoms with Crippen molar-refractivity contribution in [2.24, 2.45) is 7.05 Å². The number of aromatic nitrogens is 3. The molecule has 20 heavy (non-hydrogen) atoms. The zero-order valence-corrected chi connectivity index (χ0v) is 12.5. The zero-order chi connectivity index (χ0) is 14.4. The summed E-state index contributed by atoms with van der Waals surface area (Å²) in [5, 5.41) is 11.4. The fraction of sp³-hybridized carbons (Fsp3) is 0.429. The Balaban J connectivity index is 2.01. The third-order valence-corrected chi connectivity index (χ3v) is 4.08. The lowest BCUT2D eigenvalue weighted by Crippen LogP contribution is -2.26. The average Bonchev–Trinajstić information content (AvgIpc) is 2.87. The number of nitrogens with one attached hydrogen (secondary N) is 1. The minimum absolute atomic E-state index is 0.185. The monoisotopic (exact) mass is 294 g/mol. The van der Waals surface area contributed by atoms with Gasteiger partial charge in [-0.15, -0.1) is 16.9 Å². The van der Waals surface area contributed by atoms with Crippen LogP contribution in [0.15, 0.2) is 35.4 Å². The van der Waals surface area contributed by atoms with E-state index >= 15 is 0 Å². The largest absolute Gasteiger partial charge is 0.308 e. The number of benzene rings is 1. The van der Waals surface area contributed by atoms with Crippen LogP contribution in [-0.2, 0) is 7.05 Å². The second-order valence-corrected chi connectivity index (χ2v) is 5.65. The minimum Gasteiger partial charge on any atom is -0.308 e. The van der Waals surface area contributed by atoms with Crippen LogP contribution in [0.5, 0.6) is 0 Å². The molecule has 0 saturated carbocycles. The van der Waals surface area contributed by atoms with Crippen LogP contribution < -0.4 is 5.32 Å². The van der Waals surface area contributed by atoms with Crippen LogP contribution in [0, 0.1) is 5.82 Å². The quantitative estimate of drug-likeness (QED) is 0.797. The van der Waals surface area contributed by atoms with Gasteiger partial charge in [0, 0.05) is 17.7 Å². The number of thioether (sulfide) groups is 1. The van der Waals surface area contributed by atoms with Crippen LogP contribution in [0.1, 0.15) is 25.1 Å². The summed E-state index contributed by atoms with van der Waals surface area (Å²) in [5.41, 5.74) is 1.06. The van der Waals surface area contributed by atoms with Gasteiger partial charge in [-0.25, -0.2) is 4.39 Å². The third kappa shape index (κ3) is 4.05. The third-order valence-electron chi connectivity index (χ3n) is 2.98. The smallest absolute Gasteiger partial charge is 0.123 e. The van der Waals surface area contributed by atoms with E-state index in [0.29, 0.717) is 0 Å².